The first-order valence-electron chi connectivity index (χ1n) is 2.85. The van der Waals surface area contributed by atoms with Gasteiger partial charge in [0.15, 0.2) is 5.82 Å². The van der Waals surface area contributed by atoms with Crippen LogP contribution in [0.4, 0.5) is 11.5 Å². The molecule has 0 aromatic carbocycles. The summed E-state index contributed by atoms with van der Waals surface area (Å²) in [4.78, 5) is 22.7. The van der Waals surface area contributed by atoms with Crippen molar-refractivity contribution in [2.75, 3.05) is 5.73 Å². The number of hydrogen-bond acceptors (Lipinski definition) is 4. The number of aromatic nitrogens is 1. The Morgan fingerprint density at radius 1 is 1.67 bits per heavy atom. The number of rotatable bonds is 1. The SMILES string of the molecule is Nc1[nH]c(=O)c(I)cc1[N+](=O)[O-]. The van der Waals surface area contributed by atoms with Gasteiger partial charge in [0, 0.05) is 6.07 Å². The number of nitrogens with one attached hydrogen (secondary N) is 1. The van der Waals surface area contributed by atoms with Crippen molar-refractivity contribution in [1.29, 1.82) is 0 Å². The van der Waals surface area contributed by atoms with Crippen molar-refractivity contribution in [1.82, 2.24) is 4.98 Å². The molecule has 0 atom stereocenters. The fourth-order valence-corrected chi connectivity index (χ4v) is 1.09. The normalized spacial score (nSPS) is 9.75. The van der Waals surface area contributed by atoms with E-state index in [4.69, 9.17) is 5.73 Å². The van der Waals surface area contributed by atoms with E-state index in [-0.39, 0.29) is 15.1 Å². The van der Waals surface area contributed by atoms with Gasteiger partial charge in [0.2, 0.25) is 0 Å². The van der Waals surface area contributed by atoms with E-state index >= 15 is 0 Å². The highest BCUT2D eigenvalue weighted by atomic mass is 127. The third-order valence-corrected chi connectivity index (χ3v) is 2.00. The molecule has 0 aliphatic heterocycles. The molecule has 0 aliphatic carbocycles. The highest BCUT2D eigenvalue weighted by Crippen LogP contribution is 2.17. The summed E-state index contributed by atoms with van der Waals surface area (Å²) in [6.45, 7) is 0. The molecule has 0 spiro atoms. The molecule has 1 heterocycles. The zero-order valence-corrected chi connectivity index (χ0v) is 7.86. The minimum absolute atomic E-state index is 0.217. The molecule has 1 aromatic heterocycles. The van der Waals surface area contributed by atoms with E-state index in [1.807, 2.05) is 0 Å². The number of nitrogens with zero attached hydrogens (tertiary/aromatic N) is 1. The maximum atomic E-state index is 10.8. The molecule has 0 bridgehead atoms. The lowest BCUT2D eigenvalue weighted by atomic mass is 10.4. The second-order valence-electron chi connectivity index (χ2n) is 2.00. The third-order valence-electron chi connectivity index (χ3n) is 1.20. The Hall–Kier alpha value is -1.12. The van der Waals surface area contributed by atoms with Gasteiger partial charge in [0.05, 0.1) is 8.49 Å². The van der Waals surface area contributed by atoms with Crippen molar-refractivity contribution in [3.05, 3.63) is 30.1 Å². The Morgan fingerprint density at radius 3 is 2.75 bits per heavy atom. The molecule has 0 saturated carbocycles. The number of nitrogens with two attached hydrogens (primary N) is 1. The Bertz CT molecular complexity index is 386. The van der Waals surface area contributed by atoms with E-state index in [0.717, 1.165) is 6.07 Å². The van der Waals surface area contributed by atoms with Gasteiger partial charge in [-0.25, -0.2) is 0 Å². The number of hydrogen-bond donors (Lipinski definition) is 2. The van der Waals surface area contributed by atoms with Crippen LogP contribution in [0.5, 0.6) is 0 Å². The van der Waals surface area contributed by atoms with Gasteiger partial charge in [0.1, 0.15) is 0 Å². The van der Waals surface area contributed by atoms with Crippen LogP contribution in [0.1, 0.15) is 0 Å². The molecule has 7 heteroatoms. The summed E-state index contributed by atoms with van der Waals surface area (Å²) in [5.41, 5.74) is 4.49. The molecule has 0 fully saturated rings. The third kappa shape index (κ3) is 1.55. The molecule has 6 nitrogen and oxygen atoms in total. The van der Waals surface area contributed by atoms with Gasteiger partial charge in [0.25, 0.3) is 5.56 Å². The van der Waals surface area contributed by atoms with Crippen LogP contribution in [-0.2, 0) is 0 Å². The second kappa shape index (κ2) is 3.09. The highest BCUT2D eigenvalue weighted by Gasteiger charge is 2.13. The predicted molar refractivity (Wildman–Crippen MR) is 50.8 cm³/mol. The van der Waals surface area contributed by atoms with Crippen LogP contribution in [0.15, 0.2) is 10.9 Å². The molecule has 64 valence electrons. The topological polar surface area (TPSA) is 102 Å². The zero-order chi connectivity index (χ0) is 9.30. The van der Waals surface area contributed by atoms with E-state index in [1.165, 1.54) is 0 Å². The van der Waals surface area contributed by atoms with Crippen LogP contribution >= 0.6 is 22.6 Å². The van der Waals surface area contributed by atoms with Crippen LogP contribution in [0.2, 0.25) is 0 Å². The van der Waals surface area contributed by atoms with Crippen LogP contribution in [0, 0.1) is 13.7 Å². The summed E-state index contributed by atoms with van der Waals surface area (Å²) in [5, 5.41) is 10.3. The van der Waals surface area contributed by atoms with Crippen molar-refractivity contribution < 1.29 is 4.92 Å². The highest BCUT2D eigenvalue weighted by molar-refractivity contribution is 14.1. The minimum Gasteiger partial charge on any atom is -0.379 e. The van der Waals surface area contributed by atoms with Crippen LogP contribution in [0.25, 0.3) is 0 Å². The Kier molecular flexibility index (Phi) is 2.31. The number of H-pyrrole nitrogens is 1. The van der Waals surface area contributed by atoms with Crippen molar-refractivity contribution in [3.8, 4) is 0 Å². The number of nitro groups is 1. The van der Waals surface area contributed by atoms with Crippen LogP contribution in [-0.4, -0.2) is 9.91 Å². The van der Waals surface area contributed by atoms with Gasteiger partial charge in [-0.3, -0.25) is 14.9 Å². The lowest BCUT2D eigenvalue weighted by Gasteiger charge is -1.95. The number of anilines is 1. The van der Waals surface area contributed by atoms with Gasteiger partial charge in [-0.2, -0.15) is 0 Å². The van der Waals surface area contributed by atoms with E-state index in [2.05, 4.69) is 4.98 Å². The first-order valence-corrected chi connectivity index (χ1v) is 3.93. The lowest BCUT2D eigenvalue weighted by Crippen LogP contribution is -2.13. The molecule has 0 aliphatic rings. The number of aromatic amines is 1. The molecule has 0 radical (unpaired) electrons. The summed E-state index contributed by atoms with van der Waals surface area (Å²) < 4.78 is 0.244. The summed E-state index contributed by atoms with van der Waals surface area (Å²) in [6, 6.07) is 1.13. The molecule has 3 N–H and O–H groups in total. The van der Waals surface area contributed by atoms with Gasteiger partial charge in [-0.15, -0.1) is 0 Å². The van der Waals surface area contributed by atoms with Crippen LogP contribution < -0.4 is 11.3 Å². The average Bonchev–Trinajstić information content (AvgIpc) is 1.96. The fourth-order valence-electron chi connectivity index (χ4n) is 0.660. The summed E-state index contributed by atoms with van der Waals surface area (Å²) in [6.07, 6.45) is 0. The summed E-state index contributed by atoms with van der Waals surface area (Å²) in [7, 11) is 0. The van der Waals surface area contributed by atoms with Crippen molar-refractivity contribution >= 4 is 34.1 Å². The quantitative estimate of drug-likeness (QED) is 0.443. The number of nitrogen functional groups attached to an aromatic ring is 1. The Morgan fingerprint density at radius 2 is 2.25 bits per heavy atom. The van der Waals surface area contributed by atoms with Crippen molar-refractivity contribution in [2.45, 2.75) is 0 Å². The van der Waals surface area contributed by atoms with E-state index < -0.39 is 10.5 Å². The predicted octanol–water partition coefficient (Wildman–Crippen LogP) is 0.470. The zero-order valence-electron chi connectivity index (χ0n) is 5.70. The van der Waals surface area contributed by atoms with E-state index in [1.54, 1.807) is 22.6 Å². The molecule has 0 unspecified atom stereocenters. The van der Waals surface area contributed by atoms with Crippen LogP contribution in [0.3, 0.4) is 0 Å². The van der Waals surface area contributed by atoms with Gasteiger partial charge < -0.3 is 10.7 Å². The van der Waals surface area contributed by atoms with Gasteiger partial charge in [-0.1, -0.05) is 0 Å². The monoisotopic (exact) mass is 281 g/mol. The maximum absolute atomic E-state index is 10.8. The summed E-state index contributed by atoms with van der Waals surface area (Å²) in [5.74, 6) is -0.217. The molecule has 12 heavy (non-hydrogen) atoms. The smallest absolute Gasteiger partial charge is 0.310 e. The first-order chi connectivity index (χ1) is 5.52. The Balaban J connectivity index is 3.43. The van der Waals surface area contributed by atoms with Gasteiger partial charge >= 0.3 is 5.69 Å². The first kappa shape index (κ1) is 8.97. The lowest BCUT2D eigenvalue weighted by molar-refractivity contribution is -0.384. The molecule has 1 aromatic rings. The molecule has 1 rings (SSSR count). The average molecular weight is 281 g/mol. The fraction of sp³-hybridized carbons (Fsp3) is 0. The van der Waals surface area contributed by atoms with E-state index in [9.17, 15) is 14.9 Å². The largest absolute Gasteiger partial charge is 0.379 e. The molecular weight excluding hydrogens is 277 g/mol. The Labute approximate surface area is 80.1 Å². The molecular formula is C5H4IN3O3. The minimum atomic E-state index is -0.645. The molecule has 0 amide bonds. The number of pyridine rings is 1. The maximum Gasteiger partial charge on any atom is 0.310 e. The van der Waals surface area contributed by atoms with E-state index in [0.29, 0.717) is 0 Å². The second-order valence-corrected chi connectivity index (χ2v) is 3.16. The van der Waals surface area contributed by atoms with Gasteiger partial charge in [-0.05, 0) is 22.6 Å². The van der Waals surface area contributed by atoms with Crippen molar-refractivity contribution in [3.63, 3.8) is 0 Å². The standard InChI is InChI=1S/C5H4IN3O3/c6-2-1-3(9(11)12)4(7)8-5(2)10/h1H,(H3,7,8,10). The van der Waals surface area contributed by atoms with Crippen molar-refractivity contribution in [2.24, 2.45) is 0 Å². The molecule has 0 saturated heterocycles. The number of halogens is 1. The summed E-state index contributed by atoms with van der Waals surface area (Å²) >= 11 is 1.70.